The second kappa shape index (κ2) is 6.81. The lowest BCUT2D eigenvalue weighted by Gasteiger charge is -2.22. The van der Waals surface area contributed by atoms with Crippen LogP contribution in [-0.2, 0) is 11.0 Å². The van der Waals surface area contributed by atoms with E-state index in [1.54, 1.807) is 25.3 Å². The largest absolute Gasteiger partial charge is 0.417 e. The topological polar surface area (TPSA) is 51.1 Å². The van der Waals surface area contributed by atoms with Crippen molar-refractivity contribution in [1.82, 2.24) is 15.0 Å². The molecule has 130 valence electrons. The van der Waals surface area contributed by atoms with Gasteiger partial charge in [-0.25, -0.2) is 9.97 Å². The van der Waals surface area contributed by atoms with Crippen LogP contribution in [0.25, 0.3) is 11.0 Å². The minimum absolute atomic E-state index is 0.165. The molecule has 0 radical (unpaired) electrons. The van der Waals surface area contributed by atoms with Crippen molar-refractivity contribution in [1.29, 1.82) is 0 Å². The van der Waals surface area contributed by atoms with Crippen LogP contribution in [0.4, 0.5) is 24.8 Å². The monoisotopic (exact) mass is 368 g/mol. The van der Waals surface area contributed by atoms with Gasteiger partial charge in [0.1, 0.15) is 5.52 Å². The molecule has 25 heavy (non-hydrogen) atoms. The highest BCUT2D eigenvalue weighted by Gasteiger charge is 2.33. The summed E-state index contributed by atoms with van der Waals surface area (Å²) in [4.78, 5) is 18.1. The Morgan fingerprint density at radius 1 is 1.16 bits per heavy atom. The molecule has 0 saturated heterocycles. The van der Waals surface area contributed by atoms with E-state index in [1.165, 1.54) is 17.3 Å². The minimum Gasteiger partial charge on any atom is -0.266 e. The first-order chi connectivity index (χ1) is 11.9. The van der Waals surface area contributed by atoms with Gasteiger partial charge in [0.2, 0.25) is 0 Å². The first kappa shape index (κ1) is 17.4. The van der Waals surface area contributed by atoms with Gasteiger partial charge >= 0.3 is 6.18 Å². The van der Waals surface area contributed by atoms with Gasteiger partial charge < -0.3 is 0 Å². The number of benzene rings is 1. The smallest absolute Gasteiger partial charge is 0.266 e. The van der Waals surface area contributed by atoms with Crippen molar-refractivity contribution in [3.05, 3.63) is 53.3 Å². The Bertz CT molecular complexity index is 904. The van der Waals surface area contributed by atoms with E-state index in [1.807, 2.05) is 0 Å². The van der Waals surface area contributed by atoms with Gasteiger partial charge in [-0.15, -0.1) is 0 Å². The molecule has 1 aromatic carbocycles. The van der Waals surface area contributed by atoms with Crippen molar-refractivity contribution in [3.63, 3.8) is 0 Å². The Morgan fingerprint density at radius 2 is 1.96 bits per heavy atom. The Balaban J connectivity index is 2.04. The van der Waals surface area contributed by atoms with E-state index in [0.29, 0.717) is 11.0 Å². The number of fused-ring (bicyclic) bond motifs is 1. The van der Waals surface area contributed by atoms with E-state index in [2.05, 4.69) is 15.0 Å². The molecule has 0 aliphatic carbocycles. The molecule has 0 bridgehead atoms. The normalized spacial score (nSPS) is 11.7. The number of hydrogen-bond donors (Lipinski definition) is 0. The summed E-state index contributed by atoms with van der Waals surface area (Å²) in [5.74, 6) is 0.165. The van der Waals surface area contributed by atoms with Crippen molar-refractivity contribution in [2.24, 2.45) is 0 Å². The van der Waals surface area contributed by atoms with Crippen molar-refractivity contribution in [2.45, 2.75) is 13.1 Å². The fourth-order valence-electron chi connectivity index (χ4n) is 2.19. The molecule has 2 aromatic heterocycles. The molecular formula is C16H12ClF3N4O. The number of pyridine rings is 1. The van der Waals surface area contributed by atoms with E-state index in [-0.39, 0.29) is 18.2 Å². The molecule has 3 aromatic rings. The van der Waals surface area contributed by atoms with Crippen LogP contribution in [0.3, 0.4) is 0 Å². The predicted molar refractivity (Wildman–Crippen MR) is 87.6 cm³/mol. The van der Waals surface area contributed by atoms with Gasteiger partial charge in [0.05, 0.1) is 34.6 Å². The average Bonchev–Trinajstić information content (AvgIpc) is 2.58. The number of hydrogen-bond acceptors (Lipinski definition) is 5. The second-order valence-corrected chi connectivity index (χ2v) is 5.36. The summed E-state index contributed by atoms with van der Waals surface area (Å²) in [6.07, 6.45) is -1.41. The SMILES string of the molecule is CCON(c1ccc(C(F)(F)F)c(Cl)c1)c1ncc2ncccc2n1. The number of alkyl halides is 3. The average molecular weight is 369 g/mol. The van der Waals surface area contributed by atoms with Gasteiger partial charge in [-0.1, -0.05) is 11.6 Å². The summed E-state index contributed by atoms with van der Waals surface area (Å²) in [7, 11) is 0. The van der Waals surface area contributed by atoms with E-state index in [4.69, 9.17) is 16.4 Å². The van der Waals surface area contributed by atoms with Crippen LogP contribution in [-0.4, -0.2) is 21.6 Å². The van der Waals surface area contributed by atoms with Crippen LogP contribution in [0.5, 0.6) is 0 Å². The third-order valence-electron chi connectivity index (χ3n) is 3.27. The highest BCUT2D eigenvalue weighted by atomic mass is 35.5. The molecule has 0 atom stereocenters. The van der Waals surface area contributed by atoms with E-state index in [0.717, 1.165) is 12.1 Å². The third-order valence-corrected chi connectivity index (χ3v) is 3.58. The number of anilines is 2. The summed E-state index contributed by atoms with van der Waals surface area (Å²) >= 11 is 5.79. The van der Waals surface area contributed by atoms with Gasteiger partial charge in [-0.3, -0.25) is 9.82 Å². The summed E-state index contributed by atoms with van der Waals surface area (Å²) in [5, 5.41) is 0.801. The minimum atomic E-state index is -4.53. The van der Waals surface area contributed by atoms with E-state index < -0.39 is 16.8 Å². The third kappa shape index (κ3) is 3.64. The molecular weight excluding hydrogens is 357 g/mol. The Kier molecular flexibility index (Phi) is 4.73. The Morgan fingerprint density at radius 3 is 2.64 bits per heavy atom. The molecule has 0 unspecified atom stereocenters. The van der Waals surface area contributed by atoms with Gasteiger partial charge in [-0.05, 0) is 37.3 Å². The quantitative estimate of drug-likeness (QED) is 0.620. The molecule has 0 spiro atoms. The molecule has 0 amide bonds. The number of nitrogens with zero attached hydrogens (tertiary/aromatic N) is 4. The molecule has 0 aliphatic heterocycles. The fraction of sp³-hybridized carbons (Fsp3) is 0.188. The van der Waals surface area contributed by atoms with Crippen molar-refractivity contribution >= 4 is 34.3 Å². The maximum atomic E-state index is 12.9. The molecule has 0 fully saturated rings. The lowest BCUT2D eigenvalue weighted by atomic mass is 10.2. The van der Waals surface area contributed by atoms with Gasteiger partial charge in [0, 0.05) is 6.20 Å². The molecule has 9 heteroatoms. The van der Waals surface area contributed by atoms with Crippen LogP contribution < -0.4 is 5.06 Å². The second-order valence-electron chi connectivity index (χ2n) is 4.95. The Hall–Kier alpha value is -2.45. The summed E-state index contributed by atoms with van der Waals surface area (Å²) in [6, 6.07) is 6.78. The van der Waals surface area contributed by atoms with Gasteiger partial charge in [-0.2, -0.15) is 18.2 Å². The fourth-order valence-corrected chi connectivity index (χ4v) is 2.48. The highest BCUT2D eigenvalue weighted by Crippen LogP contribution is 2.37. The van der Waals surface area contributed by atoms with Crippen LogP contribution in [0.1, 0.15) is 12.5 Å². The number of aromatic nitrogens is 3. The molecule has 0 aliphatic rings. The maximum Gasteiger partial charge on any atom is 0.417 e. The van der Waals surface area contributed by atoms with Crippen molar-refractivity contribution < 1.29 is 18.0 Å². The lowest BCUT2D eigenvalue weighted by Crippen LogP contribution is -2.20. The molecule has 5 nitrogen and oxygen atoms in total. The highest BCUT2D eigenvalue weighted by molar-refractivity contribution is 6.31. The molecule has 0 N–H and O–H groups in total. The van der Waals surface area contributed by atoms with Crippen LogP contribution in [0, 0.1) is 0 Å². The predicted octanol–water partition coefficient (Wildman–Crippen LogP) is 4.79. The summed E-state index contributed by atoms with van der Waals surface area (Å²) in [5.41, 5.74) is 0.532. The molecule has 3 rings (SSSR count). The lowest BCUT2D eigenvalue weighted by molar-refractivity contribution is -0.137. The van der Waals surface area contributed by atoms with Crippen molar-refractivity contribution in [2.75, 3.05) is 11.7 Å². The van der Waals surface area contributed by atoms with Crippen LogP contribution >= 0.6 is 11.6 Å². The zero-order valence-corrected chi connectivity index (χ0v) is 13.7. The Labute approximate surface area is 146 Å². The molecule has 2 heterocycles. The van der Waals surface area contributed by atoms with Gasteiger partial charge in [0.15, 0.2) is 0 Å². The van der Waals surface area contributed by atoms with E-state index in [9.17, 15) is 13.2 Å². The standard InChI is InChI=1S/C16H12ClF3N4O/c1-2-25-24(10-5-6-11(12(17)8-10)16(18,19)20)15-22-9-14-13(23-15)4-3-7-21-14/h3-9H,2H2,1H3. The summed E-state index contributed by atoms with van der Waals surface area (Å²) in [6.45, 7) is 1.99. The first-order valence-electron chi connectivity index (χ1n) is 7.27. The van der Waals surface area contributed by atoms with Gasteiger partial charge in [0.25, 0.3) is 5.95 Å². The van der Waals surface area contributed by atoms with Crippen molar-refractivity contribution in [3.8, 4) is 0 Å². The first-order valence-corrected chi connectivity index (χ1v) is 7.65. The number of rotatable bonds is 4. The zero-order valence-electron chi connectivity index (χ0n) is 13.0. The summed E-state index contributed by atoms with van der Waals surface area (Å²) < 4.78 is 38.6. The number of halogens is 4. The van der Waals surface area contributed by atoms with Crippen LogP contribution in [0.15, 0.2) is 42.7 Å². The maximum absolute atomic E-state index is 12.9. The molecule has 0 saturated carbocycles. The zero-order chi connectivity index (χ0) is 18.0. The van der Waals surface area contributed by atoms with Crippen LogP contribution in [0.2, 0.25) is 5.02 Å². The van der Waals surface area contributed by atoms with E-state index >= 15 is 0 Å².